The summed E-state index contributed by atoms with van der Waals surface area (Å²) in [5.41, 5.74) is 0. The number of carbonyl (C=O) groups is 1. The zero-order valence-electron chi connectivity index (χ0n) is 15.1. The number of ether oxygens (including phenoxy) is 1. The predicted molar refractivity (Wildman–Crippen MR) is 101 cm³/mol. The first-order chi connectivity index (χ1) is 11.8. The third-order valence-corrected chi connectivity index (χ3v) is 5.90. The second-order valence-corrected chi connectivity index (χ2v) is 8.47. The highest BCUT2D eigenvalue weighted by atomic mass is 35.5. The molecule has 1 aliphatic rings. The van der Waals surface area contributed by atoms with E-state index in [-0.39, 0.29) is 35.9 Å². The summed E-state index contributed by atoms with van der Waals surface area (Å²) in [6.07, 6.45) is 1.69. The largest absolute Gasteiger partial charge is 0.491 e. The second-order valence-electron chi connectivity index (χ2n) is 6.53. The molecule has 148 valence electrons. The first-order valence-electron chi connectivity index (χ1n) is 8.48. The Morgan fingerprint density at radius 2 is 2.00 bits per heavy atom. The molecule has 0 bridgehead atoms. The van der Waals surface area contributed by atoms with Crippen LogP contribution in [0.5, 0.6) is 5.75 Å². The molecule has 1 fully saturated rings. The van der Waals surface area contributed by atoms with Crippen LogP contribution < -0.4 is 10.1 Å². The zero-order chi connectivity index (χ0) is 18.4. The smallest absolute Gasteiger partial charge is 0.317 e. The number of carboxylic acids is 1. The van der Waals surface area contributed by atoms with E-state index in [1.54, 1.807) is 24.3 Å². The Labute approximate surface area is 161 Å². The Bertz CT molecular complexity index is 679. The van der Waals surface area contributed by atoms with Crippen LogP contribution in [-0.4, -0.2) is 56.1 Å². The van der Waals surface area contributed by atoms with Crippen LogP contribution in [-0.2, 0) is 14.8 Å². The van der Waals surface area contributed by atoms with Crippen LogP contribution >= 0.6 is 12.4 Å². The van der Waals surface area contributed by atoms with Gasteiger partial charge in [0.1, 0.15) is 5.75 Å². The van der Waals surface area contributed by atoms with Gasteiger partial charge in [0.25, 0.3) is 0 Å². The van der Waals surface area contributed by atoms with Crippen LogP contribution in [0.4, 0.5) is 0 Å². The van der Waals surface area contributed by atoms with Gasteiger partial charge in [0.15, 0.2) is 0 Å². The molecule has 0 amide bonds. The molecule has 9 heteroatoms. The molecule has 1 saturated heterocycles. The Morgan fingerprint density at radius 1 is 1.35 bits per heavy atom. The van der Waals surface area contributed by atoms with Crippen molar-refractivity contribution in [2.45, 2.75) is 37.7 Å². The highest BCUT2D eigenvalue weighted by Gasteiger charge is 2.30. The van der Waals surface area contributed by atoms with Crippen LogP contribution in [0, 0.1) is 5.92 Å². The minimum absolute atomic E-state index is 0. The van der Waals surface area contributed by atoms with Gasteiger partial charge < -0.3 is 15.2 Å². The lowest BCUT2D eigenvalue weighted by atomic mass is 10.00. The first-order valence-corrected chi connectivity index (χ1v) is 9.92. The van der Waals surface area contributed by atoms with E-state index < -0.39 is 16.0 Å². The van der Waals surface area contributed by atoms with Crippen molar-refractivity contribution in [3.05, 3.63) is 24.3 Å². The summed E-state index contributed by atoms with van der Waals surface area (Å²) in [7, 11) is -3.55. The van der Waals surface area contributed by atoms with Crippen molar-refractivity contribution in [3.63, 3.8) is 0 Å². The normalized spacial score (nSPS) is 18.3. The Kier molecular flexibility index (Phi) is 8.82. The molecule has 0 saturated carbocycles. The minimum atomic E-state index is -3.55. The maximum atomic E-state index is 12.8. The SMILES string of the molecule is CC(C)Oc1ccc(S(=O)(=O)N2CCCC(CNCC(=O)O)C2)cc1.Cl. The van der Waals surface area contributed by atoms with Crippen LogP contribution in [0.25, 0.3) is 0 Å². The molecule has 7 nitrogen and oxygen atoms in total. The number of hydrogen-bond donors (Lipinski definition) is 2. The topological polar surface area (TPSA) is 95.9 Å². The maximum Gasteiger partial charge on any atom is 0.317 e. The van der Waals surface area contributed by atoms with E-state index in [1.165, 1.54) is 4.31 Å². The van der Waals surface area contributed by atoms with Crippen LogP contribution in [0.1, 0.15) is 26.7 Å². The van der Waals surface area contributed by atoms with Gasteiger partial charge in [-0.25, -0.2) is 8.42 Å². The molecule has 1 heterocycles. The number of sulfonamides is 1. The molecule has 1 atom stereocenters. The van der Waals surface area contributed by atoms with E-state index in [0.717, 1.165) is 12.8 Å². The summed E-state index contributed by atoms with van der Waals surface area (Å²) in [6, 6.07) is 6.48. The number of rotatable bonds is 8. The standard InChI is InChI=1S/C17H26N2O5S.ClH/c1-13(2)24-15-5-7-16(8-6-15)25(22,23)19-9-3-4-14(12-19)10-18-11-17(20)21;/h5-8,13-14,18H,3-4,9-12H2,1-2H3,(H,20,21);1H. The van der Waals surface area contributed by atoms with Crippen molar-refractivity contribution in [3.8, 4) is 5.75 Å². The van der Waals surface area contributed by atoms with Crippen molar-refractivity contribution >= 4 is 28.4 Å². The highest BCUT2D eigenvalue weighted by molar-refractivity contribution is 7.89. The van der Waals surface area contributed by atoms with Crippen LogP contribution in [0.3, 0.4) is 0 Å². The summed E-state index contributed by atoms with van der Waals surface area (Å²) in [5, 5.41) is 11.5. The average molecular weight is 407 g/mol. The van der Waals surface area contributed by atoms with Crippen molar-refractivity contribution in [2.75, 3.05) is 26.2 Å². The maximum absolute atomic E-state index is 12.8. The van der Waals surface area contributed by atoms with Gasteiger partial charge in [0, 0.05) is 13.1 Å². The van der Waals surface area contributed by atoms with Crippen LogP contribution in [0.15, 0.2) is 29.2 Å². The molecule has 0 aromatic heterocycles. The predicted octanol–water partition coefficient (Wildman–Crippen LogP) is 1.97. The number of nitrogens with one attached hydrogen (secondary N) is 1. The Hall–Kier alpha value is -1.35. The van der Waals surface area contributed by atoms with E-state index in [1.807, 2.05) is 13.8 Å². The molecular formula is C17H27ClN2O5S. The van der Waals surface area contributed by atoms with Crippen molar-refractivity contribution in [2.24, 2.45) is 5.92 Å². The number of benzene rings is 1. The molecule has 1 aliphatic heterocycles. The third-order valence-electron chi connectivity index (χ3n) is 4.02. The lowest BCUT2D eigenvalue weighted by Crippen LogP contribution is -2.43. The molecule has 26 heavy (non-hydrogen) atoms. The molecule has 2 N–H and O–H groups in total. The van der Waals surface area contributed by atoms with Crippen LogP contribution in [0.2, 0.25) is 0 Å². The van der Waals surface area contributed by atoms with Gasteiger partial charge in [-0.3, -0.25) is 4.79 Å². The van der Waals surface area contributed by atoms with Crippen molar-refractivity contribution in [1.29, 1.82) is 0 Å². The molecule has 1 aromatic rings. The second kappa shape index (κ2) is 10.1. The molecule has 0 aliphatic carbocycles. The fourth-order valence-electron chi connectivity index (χ4n) is 2.91. The van der Waals surface area contributed by atoms with Gasteiger partial charge in [0.2, 0.25) is 10.0 Å². The van der Waals surface area contributed by atoms with Gasteiger partial charge in [0.05, 0.1) is 17.5 Å². The van der Waals surface area contributed by atoms with Crippen molar-refractivity contribution in [1.82, 2.24) is 9.62 Å². The molecule has 2 rings (SSSR count). The third kappa shape index (κ3) is 6.42. The first kappa shape index (κ1) is 22.7. The van der Waals surface area contributed by atoms with E-state index in [0.29, 0.717) is 25.4 Å². The summed E-state index contributed by atoms with van der Waals surface area (Å²) in [4.78, 5) is 10.8. The molecule has 0 radical (unpaired) electrons. The summed E-state index contributed by atoms with van der Waals surface area (Å²) < 4.78 is 32.7. The minimum Gasteiger partial charge on any atom is -0.491 e. The Balaban J connectivity index is 0.00000338. The van der Waals surface area contributed by atoms with Gasteiger partial charge >= 0.3 is 5.97 Å². The highest BCUT2D eigenvalue weighted by Crippen LogP contribution is 2.25. The fraction of sp³-hybridized carbons (Fsp3) is 0.588. The number of hydrogen-bond acceptors (Lipinski definition) is 5. The van der Waals surface area contributed by atoms with Gasteiger partial charge in [-0.1, -0.05) is 0 Å². The van der Waals surface area contributed by atoms with Gasteiger partial charge in [-0.05, 0) is 63.4 Å². The quantitative estimate of drug-likeness (QED) is 0.685. The van der Waals surface area contributed by atoms with Crippen molar-refractivity contribution < 1.29 is 23.1 Å². The number of halogens is 1. The number of carboxylic acid groups (broad SMARTS) is 1. The number of piperidine rings is 1. The average Bonchev–Trinajstić information content (AvgIpc) is 2.55. The number of aliphatic carboxylic acids is 1. The summed E-state index contributed by atoms with van der Waals surface area (Å²) in [6.45, 7) is 5.11. The molecule has 1 unspecified atom stereocenters. The van der Waals surface area contributed by atoms with Gasteiger partial charge in [-0.15, -0.1) is 12.4 Å². The fourth-order valence-corrected chi connectivity index (χ4v) is 4.46. The lowest BCUT2D eigenvalue weighted by molar-refractivity contribution is -0.136. The monoisotopic (exact) mass is 406 g/mol. The zero-order valence-corrected chi connectivity index (χ0v) is 16.7. The van der Waals surface area contributed by atoms with Gasteiger partial charge in [-0.2, -0.15) is 4.31 Å². The van der Waals surface area contributed by atoms with E-state index in [9.17, 15) is 13.2 Å². The lowest BCUT2D eigenvalue weighted by Gasteiger charge is -2.32. The van der Waals surface area contributed by atoms with E-state index in [2.05, 4.69) is 5.32 Å². The number of nitrogens with zero attached hydrogens (tertiary/aromatic N) is 1. The molecule has 0 spiro atoms. The summed E-state index contributed by atoms with van der Waals surface area (Å²) >= 11 is 0. The summed E-state index contributed by atoms with van der Waals surface area (Å²) in [5.74, 6) is -0.154. The molecular weight excluding hydrogens is 380 g/mol. The Morgan fingerprint density at radius 3 is 2.58 bits per heavy atom. The van der Waals surface area contributed by atoms with E-state index >= 15 is 0 Å². The molecule has 1 aromatic carbocycles. The van der Waals surface area contributed by atoms with E-state index in [4.69, 9.17) is 9.84 Å².